The summed E-state index contributed by atoms with van der Waals surface area (Å²) in [6, 6.07) is 0. The van der Waals surface area contributed by atoms with Gasteiger partial charge in [0.25, 0.3) is 7.47 Å². The molecule has 4 aliphatic carbocycles. The second-order valence-corrected chi connectivity index (χ2v) is 15.4. The predicted molar refractivity (Wildman–Crippen MR) is 108 cm³/mol. The van der Waals surface area contributed by atoms with Gasteiger partial charge in [-0.2, -0.15) is 0 Å². The molecule has 0 spiro atoms. The smallest absolute Gasteiger partial charge is 0.346 e. The summed E-state index contributed by atoms with van der Waals surface area (Å²) in [6.07, 6.45) is 2.16. The van der Waals surface area contributed by atoms with Gasteiger partial charge < -0.3 is 34.2 Å². The van der Waals surface area contributed by atoms with Gasteiger partial charge in [0, 0.05) is 5.41 Å². The Hall–Kier alpha value is 0.435. The van der Waals surface area contributed by atoms with E-state index in [1.807, 2.05) is 0 Å². The maximum atomic E-state index is 12.2. The number of rotatable bonds is 8. The summed E-state index contributed by atoms with van der Waals surface area (Å²) in [5.74, 6) is 0.222. The summed E-state index contributed by atoms with van der Waals surface area (Å²) in [5.41, 5.74) is -0.225. The minimum Gasteiger partial charge on any atom is -0.388 e. The molecule has 0 aromatic rings. The molecule has 5 aliphatic rings. The molecule has 5 rings (SSSR count). The number of aliphatic hydroxyl groups is 2. The molecule has 11 nitrogen and oxygen atoms in total. The van der Waals surface area contributed by atoms with Crippen LogP contribution >= 0.6 is 22.7 Å². The zero-order valence-electron chi connectivity index (χ0n) is 16.8. The van der Waals surface area contributed by atoms with E-state index in [2.05, 4.69) is 4.31 Å². The van der Waals surface area contributed by atoms with Crippen molar-refractivity contribution >= 4 is 30.2 Å². The van der Waals surface area contributed by atoms with Crippen LogP contribution < -0.4 is 0 Å². The highest BCUT2D eigenvalue weighted by molar-refractivity contribution is 7.85. The van der Waals surface area contributed by atoms with E-state index in [1.165, 1.54) is 19.3 Å². The van der Waals surface area contributed by atoms with Crippen LogP contribution in [0.2, 0.25) is 0 Å². The van der Waals surface area contributed by atoms with Crippen molar-refractivity contribution in [3.05, 3.63) is 0 Å². The molecule has 5 fully saturated rings. The SMILES string of the molecule is [B]P(=O)(OCC1OC(C23CC4CC(CC(C4)C2)C3)C(O)C1O)OP(=O)(O)CP(=O)(O)O. The van der Waals surface area contributed by atoms with E-state index in [-0.39, 0.29) is 5.41 Å². The van der Waals surface area contributed by atoms with E-state index >= 15 is 0 Å². The summed E-state index contributed by atoms with van der Waals surface area (Å²) in [4.78, 5) is 27.1. The lowest BCUT2D eigenvalue weighted by atomic mass is 9.48. The molecular weight excluding hydrogens is 472 g/mol. The Labute approximate surface area is 181 Å². The van der Waals surface area contributed by atoms with Crippen LogP contribution in [0.5, 0.6) is 0 Å². The van der Waals surface area contributed by atoms with Crippen LogP contribution in [0, 0.1) is 23.2 Å². The van der Waals surface area contributed by atoms with Crippen molar-refractivity contribution in [1.82, 2.24) is 0 Å². The molecule has 1 aliphatic heterocycles. The van der Waals surface area contributed by atoms with Crippen LogP contribution in [0.4, 0.5) is 0 Å². The fourth-order valence-corrected chi connectivity index (χ4v) is 11.1. The Balaban J connectivity index is 1.38. The highest BCUT2D eigenvalue weighted by atomic mass is 31.3. The Morgan fingerprint density at radius 1 is 0.935 bits per heavy atom. The minimum absolute atomic E-state index is 0.225. The third-order valence-corrected chi connectivity index (χ3v) is 12.4. The van der Waals surface area contributed by atoms with Crippen LogP contribution in [0.1, 0.15) is 38.5 Å². The lowest BCUT2D eigenvalue weighted by molar-refractivity contribution is -0.158. The van der Waals surface area contributed by atoms with Gasteiger partial charge in [-0.05, 0) is 56.3 Å². The Morgan fingerprint density at radius 2 is 1.45 bits per heavy atom. The molecule has 6 atom stereocenters. The maximum Gasteiger partial charge on any atom is 0.346 e. The van der Waals surface area contributed by atoms with Crippen molar-refractivity contribution in [3.63, 3.8) is 0 Å². The fourth-order valence-electron chi connectivity index (χ4n) is 6.56. The first-order chi connectivity index (χ1) is 14.2. The second kappa shape index (κ2) is 8.28. The molecular formula is C16H28BO11P3. The molecule has 4 bridgehead atoms. The molecule has 0 aromatic carbocycles. The van der Waals surface area contributed by atoms with E-state index < -0.39 is 59.6 Å². The highest BCUT2D eigenvalue weighted by Crippen LogP contribution is 2.65. The Morgan fingerprint density at radius 3 is 1.94 bits per heavy atom. The summed E-state index contributed by atoms with van der Waals surface area (Å²) in [7, 11) is -9.36. The third-order valence-electron chi connectivity index (χ3n) is 7.07. The number of ether oxygens (including phenoxy) is 1. The van der Waals surface area contributed by atoms with Crippen molar-refractivity contribution in [3.8, 4) is 0 Å². The first-order valence-electron chi connectivity index (χ1n) is 10.3. The Bertz CT molecular complexity index is 811. The normalized spacial score (nSPS) is 46.0. The van der Waals surface area contributed by atoms with Gasteiger partial charge in [-0.25, -0.2) is 4.31 Å². The van der Waals surface area contributed by atoms with Crippen LogP contribution in [0.3, 0.4) is 0 Å². The molecule has 176 valence electrons. The highest BCUT2D eigenvalue weighted by Gasteiger charge is 2.60. The van der Waals surface area contributed by atoms with Gasteiger partial charge in [-0.1, -0.05) is 0 Å². The third kappa shape index (κ3) is 5.41. The summed E-state index contributed by atoms with van der Waals surface area (Å²) in [6.45, 7) is -0.592. The first kappa shape index (κ1) is 24.6. The first-order valence-corrected chi connectivity index (χ1v) is 15.5. The molecule has 0 aromatic heterocycles. The van der Waals surface area contributed by atoms with Gasteiger partial charge in [-0.15, -0.1) is 0 Å². The summed E-state index contributed by atoms with van der Waals surface area (Å²) in [5, 5.41) is 21.2. The van der Waals surface area contributed by atoms with E-state index in [0.717, 1.165) is 19.3 Å². The van der Waals surface area contributed by atoms with Crippen LogP contribution in [0.25, 0.3) is 0 Å². The maximum absolute atomic E-state index is 12.2. The quantitative estimate of drug-likeness (QED) is 0.240. The summed E-state index contributed by atoms with van der Waals surface area (Å²) < 4.78 is 50.0. The van der Waals surface area contributed by atoms with Crippen molar-refractivity contribution in [2.24, 2.45) is 23.2 Å². The molecule has 0 amide bonds. The number of aliphatic hydroxyl groups excluding tert-OH is 2. The summed E-state index contributed by atoms with van der Waals surface area (Å²) >= 11 is 0. The molecule has 1 saturated heterocycles. The monoisotopic (exact) mass is 500 g/mol. The Kier molecular flexibility index (Phi) is 6.56. The minimum atomic E-state index is -5.00. The van der Waals surface area contributed by atoms with Crippen molar-refractivity contribution in [2.45, 2.75) is 62.9 Å². The zero-order valence-corrected chi connectivity index (χ0v) is 19.5. The van der Waals surface area contributed by atoms with Crippen LogP contribution in [-0.2, 0) is 27.3 Å². The molecule has 4 saturated carbocycles. The van der Waals surface area contributed by atoms with Gasteiger partial charge >= 0.3 is 15.2 Å². The van der Waals surface area contributed by atoms with Gasteiger partial charge in [0.05, 0.1) is 12.7 Å². The van der Waals surface area contributed by atoms with E-state index in [1.54, 1.807) is 0 Å². The van der Waals surface area contributed by atoms with Crippen LogP contribution in [0.15, 0.2) is 0 Å². The average Bonchev–Trinajstić information content (AvgIpc) is 2.84. The van der Waals surface area contributed by atoms with Crippen LogP contribution in [-0.4, -0.2) is 69.4 Å². The van der Waals surface area contributed by atoms with Gasteiger partial charge in [-0.3, -0.25) is 13.7 Å². The van der Waals surface area contributed by atoms with Gasteiger partial charge in [0.15, 0.2) is 5.90 Å². The largest absolute Gasteiger partial charge is 0.388 e. The van der Waals surface area contributed by atoms with E-state index in [4.69, 9.17) is 26.6 Å². The van der Waals surface area contributed by atoms with Gasteiger partial charge in [0.1, 0.15) is 18.3 Å². The van der Waals surface area contributed by atoms with Crippen molar-refractivity contribution in [2.75, 3.05) is 12.5 Å². The topological polar surface area (TPSA) is 180 Å². The molecule has 2 radical (unpaired) electrons. The number of hydrogen-bond donors (Lipinski definition) is 5. The van der Waals surface area contributed by atoms with Crippen molar-refractivity contribution in [1.29, 1.82) is 0 Å². The number of hydrogen-bond acceptors (Lipinski definition) is 8. The van der Waals surface area contributed by atoms with E-state index in [9.17, 15) is 28.8 Å². The molecule has 1 heterocycles. The van der Waals surface area contributed by atoms with Crippen molar-refractivity contribution < 1.29 is 52.2 Å². The van der Waals surface area contributed by atoms with Gasteiger partial charge in [0.2, 0.25) is 7.57 Å². The lowest BCUT2D eigenvalue weighted by Crippen LogP contribution is -2.54. The molecule has 6 unspecified atom stereocenters. The lowest BCUT2D eigenvalue weighted by Gasteiger charge is -2.59. The molecule has 5 N–H and O–H groups in total. The standard InChI is InChI=1S/C16H28BO11P3/c17-31(25,28-30(23,24)8-29(20,21)22)26-7-12-13(18)14(19)15(27-12)16-4-9-1-10(5-16)3-11(2-9)6-16/h9-15,18-19H,1-8H2,(H,23,24)(H2,20,21,22). The molecule has 31 heavy (non-hydrogen) atoms. The predicted octanol–water partition coefficient (Wildman–Crippen LogP) is 1.32. The fraction of sp³-hybridized carbons (Fsp3) is 1.00. The zero-order chi connectivity index (χ0) is 22.8. The average molecular weight is 500 g/mol. The molecule has 15 heteroatoms. The second-order valence-electron chi connectivity index (χ2n) is 9.72. The van der Waals surface area contributed by atoms with E-state index in [0.29, 0.717) is 17.8 Å².